The first kappa shape index (κ1) is 15.9. The summed E-state index contributed by atoms with van der Waals surface area (Å²) < 4.78 is 2.01. The summed E-state index contributed by atoms with van der Waals surface area (Å²) >= 11 is 1.88. The fourth-order valence-electron chi connectivity index (χ4n) is 3.46. The number of fused-ring (bicyclic) bond motifs is 1. The van der Waals surface area contributed by atoms with Crippen LogP contribution >= 0.6 is 11.8 Å². The summed E-state index contributed by atoms with van der Waals surface area (Å²) in [6.07, 6.45) is 6.98. The van der Waals surface area contributed by atoms with E-state index in [0.717, 1.165) is 23.0 Å². The molecule has 0 unspecified atom stereocenters. The fourth-order valence-corrected chi connectivity index (χ4v) is 4.50. The number of carbonyl (C=O) groups excluding carboxylic acids is 1. The summed E-state index contributed by atoms with van der Waals surface area (Å²) in [5, 5.41) is 7.94. The van der Waals surface area contributed by atoms with Crippen LogP contribution in [0.2, 0.25) is 0 Å². The molecule has 1 aromatic heterocycles. The van der Waals surface area contributed by atoms with E-state index in [9.17, 15) is 4.79 Å². The Labute approximate surface area is 137 Å². The Kier molecular flexibility index (Phi) is 4.53. The summed E-state index contributed by atoms with van der Waals surface area (Å²) in [6.45, 7) is 6.41. The molecule has 1 aliphatic heterocycles. The number of anilines is 1. The van der Waals surface area contributed by atoms with Crippen molar-refractivity contribution in [2.45, 2.75) is 76.3 Å². The molecule has 2 heterocycles. The molecule has 1 amide bonds. The highest BCUT2D eigenvalue weighted by Gasteiger charge is 2.29. The maximum atomic E-state index is 12.5. The second-order valence-electron chi connectivity index (χ2n) is 7.61. The number of aromatic nitrogens is 2. The molecule has 1 aromatic rings. The first-order valence-corrected chi connectivity index (χ1v) is 9.59. The second kappa shape index (κ2) is 6.26. The van der Waals surface area contributed by atoms with Gasteiger partial charge in [-0.1, -0.05) is 19.3 Å². The highest BCUT2D eigenvalue weighted by Crippen LogP contribution is 2.37. The van der Waals surface area contributed by atoms with Crippen LogP contribution in [0.15, 0.2) is 0 Å². The molecule has 0 radical (unpaired) electrons. The van der Waals surface area contributed by atoms with Crippen molar-refractivity contribution in [2.75, 3.05) is 5.32 Å². The highest BCUT2D eigenvalue weighted by atomic mass is 32.2. The number of thioether (sulfide) groups is 1. The van der Waals surface area contributed by atoms with Gasteiger partial charge in [0.1, 0.15) is 5.82 Å². The van der Waals surface area contributed by atoms with Crippen molar-refractivity contribution in [1.82, 2.24) is 9.78 Å². The van der Waals surface area contributed by atoms with Gasteiger partial charge in [-0.05, 0) is 39.5 Å². The van der Waals surface area contributed by atoms with Crippen molar-refractivity contribution in [3.05, 3.63) is 11.3 Å². The highest BCUT2D eigenvalue weighted by molar-refractivity contribution is 7.98. The Hall–Kier alpha value is -0.970. The fraction of sp³-hybridized carbons (Fsp3) is 0.765. The normalized spacial score (nSPS) is 19.2. The number of hydrogen-bond acceptors (Lipinski definition) is 3. The third kappa shape index (κ3) is 3.34. The van der Waals surface area contributed by atoms with Crippen molar-refractivity contribution in [1.29, 1.82) is 0 Å². The van der Waals surface area contributed by atoms with Crippen LogP contribution < -0.4 is 5.32 Å². The van der Waals surface area contributed by atoms with E-state index in [-0.39, 0.29) is 11.4 Å². The molecule has 122 valence electrons. The van der Waals surface area contributed by atoms with E-state index in [0.29, 0.717) is 12.3 Å². The van der Waals surface area contributed by atoms with Crippen LogP contribution in [-0.4, -0.2) is 15.7 Å². The van der Waals surface area contributed by atoms with E-state index >= 15 is 0 Å². The van der Waals surface area contributed by atoms with Gasteiger partial charge >= 0.3 is 0 Å². The third-order valence-electron chi connectivity index (χ3n) is 4.64. The molecule has 1 saturated carbocycles. The lowest BCUT2D eigenvalue weighted by molar-refractivity contribution is -0.117. The van der Waals surface area contributed by atoms with Crippen molar-refractivity contribution in [3.8, 4) is 0 Å². The zero-order valence-electron chi connectivity index (χ0n) is 13.9. The van der Waals surface area contributed by atoms with E-state index in [1.807, 2.05) is 16.4 Å². The maximum Gasteiger partial charge on any atom is 0.225 e. The Balaban J connectivity index is 1.75. The van der Waals surface area contributed by atoms with Crippen LogP contribution in [0, 0.1) is 5.92 Å². The van der Waals surface area contributed by atoms with Crippen molar-refractivity contribution >= 4 is 23.5 Å². The SMILES string of the molecule is CC(C)(C)n1nc2c(c1NC(=O)CC1CCCCC1)CSC2. The van der Waals surface area contributed by atoms with Crippen molar-refractivity contribution in [2.24, 2.45) is 5.92 Å². The van der Waals surface area contributed by atoms with Crippen LogP contribution in [0.3, 0.4) is 0 Å². The first-order chi connectivity index (χ1) is 10.4. The molecule has 0 aromatic carbocycles. The lowest BCUT2D eigenvalue weighted by atomic mass is 9.87. The lowest BCUT2D eigenvalue weighted by Gasteiger charge is -2.24. The van der Waals surface area contributed by atoms with Gasteiger partial charge in [0.25, 0.3) is 0 Å². The van der Waals surface area contributed by atoms with Gasteiger partial charge in [0.15, 0.2) is 0 Å². The Morgan fingerprint density at radius 3 is 2.68 bits per heavy atom. The molecule has 1 fully saturated rings. The Morgan fingerprint density at radius 2 is 2.00 bits per heavy atom. The minimum Gasteiger partial charge on any atom is -0.311 e. The van der Waals surface area contributed by atoms with E-state index in [2.05, 4.69) is 26.1 Å². The standard InChI is InChI=1S/C17H27N3OS/c1-17(2,3)20-16(13-10-22-11-14(13)19-20)18-15(21)9-12-7-5-4-6-8-12/h12H,4-11H2,1-3H3,(H,18,21). The molecule has 22 heavy (non-hydrogen) atoms. The molecule has 5 heteroatoms. The average molecular weight is 321 g/mol. The van der Waals surface area contributed by atoms with E-state index < -0.39 is 0 Å². The van der Waals surface area contributed by atoms with Crippen LogP contribution in [-0.2, 0) is 21.8 Å². The molecule has 0 atom stereocenters. The molecule has 0 saturated heterocycles. The predicted octanol–water partition coefficient (Wildman–Crippen LogP) is 4.29. The summed E-state index contributed by atoms with van der Waals surface area (Å²) in [5.41, 5.74) is 2.27. The molecule has 1 aliphatic carbocycles. The van der Waals surface area contributed by atoms with Crippen LogP contribution in [0.4, 0.5) is 5.82 Å². The molecule has 4 nitrogen and oxygen atoms in total. The van der Waals surface area contributed by atoms with E-state index in [1.54, 1.807) is 0 Å². The van der Waals surface area contributed by atoms with Gasteiger partial charge in [0.2, 0.25) is 5.91 Å². The molecule has 1 N–H and O–H groups in total. The number of carbonyl (C=O) groups is 1. The van der Waals surface area contributed by atoms with Gasteiger partial charge in [-0.15, -0.1) is 0 Å². The largest absolute Gasteiger partial charge is 0.311 e. The third-order valence-corrected chi connectivity index (χ3v) is 5.61. The Morgan fingerprint density at radius 1 is 1.27 bits per heavy atom. The number of amides is 1. The Bertz CT molecular complexity index is 553. The monoisotopic (exact) mass is 321 g/mol. The number of rotatable bonds is 3. The summed E-state index contributed by atoms with van der Waals surface area (Å²) in [4.78, 5) is 12.5. The number of nitrogens with one attached hydrogen (secondary N) is 1. The molecule has 2 aliphatic rings. The lowest BCUT2D eigenvalue weighted by Crippen LogP contribution is -2.28. The van der Waals surface area contributed by atoms with Gasteiger partial charge in [-0.3, -0.25) is 4.79 Å². The van der Waals surface area contributed by atoms with Crippen LogP contribution in [0.5, 0.6) is 0 Å². The van der Waals surface area contributed by atoms with Gasteiger partial charge in [-0.25, -0.2) is 4.68 Å². The zero-order valence-corrected chi connectivity index (χ0v) is 14.8. The minimum atomic E-state index is -0.109. The van der Waals surface area contributed by atoms with Crippen molar-refractivity contribution in [3.63, 3.8) is 0 Å². The smallest absolute Gasteiger partial charge is 0.225 e. The van der Waals surface area contributed by atoms with E-state index in [4.69, 9.17) is 5.10 Å². The average Bonchev–Trinajstić information content (AvgIpc) is 3.02. The predicted molar refractivity (Wildman–Crippen MR) is 92.0 cm³/mol. The van der Waals surface area contributed by atoms with E-state index in [1.165, 1.54) is 37.7 Å². The molecule has 0 bridgehead atoms. The molecule has 0 spiro atoms. The van der Waals surface area contributed by atoms with Gasteiger partial charge in [0, 0.05) is 23.5 Å². The molecule has 3 rings (SSSR count). The zero-order chi connectivity index (χ0) is 15.7. The summed E-state index contributed by atoms with van der Waals surface area (Å²) in [7, 11) is 0. The molecular weight excluding hydrogens is 294 g/mol. The van der Waals surface area contributed by atoms with Gasteiger partial charge in [0.05, 0.1) is 11.2 Å². The second-order valence-corrected chi connectivity index (χ2v) is 8.59. The summed E-state index contributed by atoms with van der Waals surface area (Å²) in [6, 6.07) is 0. The summed E-state index contributed by atoms with van der Waals surface area (Å²) in [5.74, 6) is 3.60. The maximum absolute atomic E-state index is 12.5. The van der Waals surface area contributed by atoms with Gasteiger partial charge < -0.3 is 5.32 Å². The van der Waals surface area contributed by atoms with Crippen molar-refractivity contribution < 1.29 is 4.79 Å². The first-order valence-electron chi connectivity index (χ1n) is 8.44. The minimum absolute atomic E-state index is 0.109. The van der Waals surface area contributed by atoms with Crippen LogP contribution in [0.1, 0.15) is 70.6 Å². The molecular formula is C17H27N3OS. The number of nitrogens with zero attached hydrogens (tertiary/aromatic N) is 2. The topological polar surface area (TPSA) is 46.9 Å². The number of hydrogen-bond donors (Lipinski definition) is 1. The van der Waals surface area contributed by atoms with Gasteiger partial charge in [-0.2, -0.15) is 16.9 Å². The van der Waals surface area contributed by atoms with Crippen LogP contribution in [0.25, 0.3) is 0 Å². The quantitative estimate of drug-likeness (QED) is 0.903.